The van der Waals surface area contributed by atoms with Crippen molar-refractivity contribution in [3.63, 3.8) is 0 Å². The second-order valence-corrected chi connectivity index (χ2v) is 10.3. The van der Waals surface area contributed by atoms with Gasteiger partial charge < -0.3 is 19.9 Å². The number of hydrogen-bond donors (Lipinski definition) is 2. The van der Waals surface area contributed by atoms with Crippen molar-refractivity contribution in [2.24, 2.45) is 0 Å². The van der Waals surface area contributed by atoms with Gasteiger partial charge in [-0.05, 0) is 13.0 Å². The van der Waals surface area contributed by atoms with Crippen molar-refractivity contribution in [1.29, 1.82) is 0 Å². The van der Waals surface area contributed by atoms with E-state index < -0.39 is 40.8 Å². The Hall–Kier alpha value is -3.01. The number of pyridine rings is 1. The number of aromatic nitrogens is 3. The van der Waals surface area contributed by atoms with E-state index in [1.807, 2.05) is 4.90 Å². The number of rotatable bonds is 7. The van der Waals surface area contributed by atoms with Gasteiger partial charge in [-0.2, -0.15) is 43.2 Å². The Morgan fingerprint density at radius 2 is 2.00 bits per heavy atom. The fourth-order valence-electron chi connectivity index (χ4n) is 4.51. The summed E-state index contributed by atoms with van der Waals surface area (Å²) in [5, 5.41) is 7.73. The molecule has 0 unspecified atom stereocenters. The van der Waals surface area contributed by atoms with Crippen molar-refractivity contribution in [3.8, 4) is 0 Å². The van der Waals surface area contributed by atoms with Crippen LogP contribution in [0.15, 0.2) is 23.3 Å². The molecule has 1 amide bonds. The highest BCUT2D eigenvalue weighted by atomic mass is 32.2. The number of nitrogens with one attached hydrogen (secondary N) is 2. The molecule has 2 aromatic heterocycles. The summed E-state index contributed by atoms with van der Waals surface area (Å²) in [7, 11) is 0. The number of amides is 1. The smallest absolute Gasteiger partial charge is 0.379 e. The predicted molar refractivity (Wildman–Crippen MR) is 131 cm³/mol. The van der Waals surface area contributed by atoms with Crippen LogP contribution in [-0.2, 0) is 27.6 Å². The third kappa shape index (κ3) is 6.96. The summed E-state index contributed by atoms with van der Waals surface area (Å²) in [5.74, 6) is 1.37. The van der Waals surface area contributed by atoms with Crippen LogP contribution in [0.3, 0.4) is 0 Å². The molecule has 0 saturated carbocycles. The quantitative estimate of drug-likeness (QED) is 0.380. The molecule has 1 fully saturated rings. The molecule has 0 aliphatic carbocycles. The fraction of sp³-hybridized carbons (Fsp3) is 0.565. The second kappa shape index (κ2) is 11.6. The number of alkyl halides is 6. The van der Waals surface area contributed by atoms with Crippen molar-refractivity contribution in [2.75, 3.05) is 48.8 Å². The minimum absolute atomic E-state index is 0.0210. The van der Waals surface area contributed by atoms with Crippen molar-refractivity contribution in [1.82, 2.24) is 20.1 Å². The van der Waals surface area contributed by atoms with Crippen molar-refractivity contribution >= 4 is 29.2 Å². The molecule has 2 atom stereocenters. The Bertz CT molecular complexity index is 1240. The van der Waals surface area contributed by atoms with Gasteiger partial charge in [0.15, 0.2) is 0 Å². The summed E-state index contributed by atoms with van der Waals surface area (Å²) in [5.41, 5.74) is -3.47. The molecule has 2 aliphatic rings. The van der Waals surface area contributed by atoms with Gasteiger partial charge >= 0.3 is 12.4 Å². The number of fused-ring (bicyclic) bond motifs is 3. The van der Waals surface area contributed by atoms with Crippen LogP contribution in [-0.4, -0.2) is 76.7 Å². The third-order valence-electron chi connectivity index (χ3n) is 6.32. The van der Waals surface area contributed by atoms with Gasteiger partial charge in [-0.1, -0.05) is 0 Å². The van der Waals surface area contributed by atoms with Crippen LogP contribution in [0.2, 0.25) is 0 Å². The fourth-order valence-corrected chi connectivity index (χ4v) is 5.61. The molecule has 0 aromatic carbocycles. The van der Waals surface area contributed by atoms with Gasteiger partial charge in [0.2, 0.25) is 5.91 Å². The van der Waals surface area contributed by atoms with Crippen LogP contribution in [0.1, 0.15) is 30.0 Å². The summed E-state index contributed by atoms with van der Waals surface area (Å²) in [6.45, 7) is 2.77. The van der Waals surface area contributed by atoms with E-state index in [1.165, 1.54) is 11.8 Å². The molecule has 0 bridgehead atoms. The van der Waals surface area contributed by atoms with Crippen LogP contribution in [0.4, 0.5) is 37.8 Å². The minimum Gasteiger partial charge on any atom is -0.379 e. The van der Waals surface area contributed by atoms with E-state index in [4.69, 9.17) is 4.74 Å². The standard InChI is InChI=1S/C23H26F6N6O3S/c1-13(32-17-8-31-33-21(37)19(17)23(27,28)29)10-38-5-2-18(36)34-3-4-35-16(9-34)12-39-11-14-6-15(22(24,25)26)7-30-20(14)35/h6-8,13,16H,2-5,9-12H2,1H3,(H2,32,33,37)/t13-,16+/m0/s1. The first kappa shape index (κ1) is 29.0. The van der Waals surface area contributed by atoms with Crippen LogP contribution < -0.4 is 15.8 Å². The zero-order valence-electron chi connectivity index (χ0n) is 20.7. The Morgan fingerprint density at radius 3 is 2.72 bits per heavy atom. The van der Waals surface area contributed by atoms with Gasteiger partial charge in [0.05, 0.1) is 43.1 Å². The zero-order chi connectivity index (χ0) is 28.4. The molecule has 0 radical (unpaired) electrons. The highest BCUT2D eigenvalue weighted by Gasteiger charge is 2.38. The largest absolute Gasteiger partial charge is 0.423 e. The number of aromatic amines is 1. The van der Waals surface area contributed by atoms with Gasteiger partial charge in [-0.3, -0.25) is 9.59 Å². The molecular weight excluding hydrogens is 554 g/mol. The lowest BCUT2D eigenvalue weighted by Crippen LogP contribution is -2.56. The van der Waals surface area contributed by atoms with E-state index in [0.717, 1.165) is 18.5 Å². The van der Waals surface area contributed by atoms with Crippen LogP contribution in [0.5, 0.6) is 0 Å². The molecule has 4 rings (SSSR count). The molecule has 16 heteroatoms. The lowest BCUT2D eigenvalue weighted by molar-refractivity contribution is -0.138. The summed E-state index contributed by atoms with van der Waals surface area (Å²) < 4.78 is 84.3. The zero-order valence-corrected chi connectivity index (χ0v) is 21.5. The van der Waals surface area contributed by atoms with Crippen LogP contribution in [0, 0.1) is 0 Å². The Kier molecular flexibility index (Phi) is 8.63. The monoisotopic (exact) mass is 580 g/mol. The number of carbonyl (C=O) groups is 1. The average Bonchev–Trinajstić information content (AvgIpc) is 3.03. The Morgan fingerprint density at radius 1 is 1.23 bits per heavy atom. The summed E-state index contributed by atoms with van der Waals surface area (Å²) in [4.78, 5) is 32.1. The van der Waals surface area contributed by atoms with Crippen molar-refractivity contribution in [2.45, 2.75) is 43.5 Å². The molecule has 214 valence electrons. The number of H-pyrrole nitrogens is 1. The second-order valence-electron chi connectivity index (χ2n) is 9.26. The first-order chi connectivity index (χ1) is 18.3. The number of piperazine rings is 1. The average molecular weight is 581 g/mol. The van der Waals surface area contributed by atoms with Crippen LogP contribution in [0.25, 0.3) is 0 Å². The molecule has 4 heterocycles. The number of halogens is 6. The number of hydrogen-bond acceptors (Lipinski definition) is 8. The van der Waals surface area contributed by atoms with E-state index in [-0.39, 0.29) is 31.6 Å². The van der Waals surface area contributed by atoms with E-state index in [0.29, 0.717) is 42.5 Å². The molecule has 39 heavy (non-hydrogen) atoms. The Labute approximate surface area is 223 Å². The lowest BCUT2D eigenvalue weighted by atomic mass is 10.1. The first-order valence-corrected chi connectivity index (χ1v) is 13.2. The predicted octanol–water partition coefficient (Wildman–Crippen LogP) is 3.37. The van der Waals surface area contributed by atoms with E-state index in [2.05, 4.69) is 15.4 Å². The number of anilines is 2. The summed E-state index contributed by atoms with van der Waals surface area (Å²) in [6.07, 6.45) is -7.57. The number of carbonyl (C=O) groups excluding carboxylic acids is 1. The van der Waals surface area contributed by atoms with Gasteiger partial charge in [-0.25, -0.2) is 10.1 Å². The maximum absolute atomic E-state index is 13.2. The lowest BCUT2D eigenvalue weighted by Gasteiger charge is -2.41. The summed E-state index contributed by atoms with van der Waals surface area (Å²) in [6, 6.07) is 0.425. The number of nitrogens with zero attached hydrogens (tertiary/aromatic N) is 4. The van der Waals surface area contributed by atoms with Gasteiger partial charge in [0.25, 0.3) is 5.56 Å². The summed E-state index contributed by atoms with van der Waals surface area (Å²) >= 11 is 1.49. The molecule has 2 aliphatic heterocycles. The molecular formula is C23H26F6N6O3S. The van der Waals surface area contributed by atoms with Gasteiger partial charge in [0, 0.05) is 48.9 Å². The SMILES string of the molecule is C[C@@H](COCCC(=O)N1CCN2c3ncc(C(F)(F)F)cc3CSC[C@H]2C1)Nc1cn[nH]c(=O)c1C(F)(F)F. The van der Waals surface area contributed by atoms with Crippen molar-refractivity contribution < 1.29 is 35.9 Å². The first-order valence-electron chi connectivity index (χ1n) is 12.0. The van der Waals surface area contributed by atoms with E-state index in [9.17, 15) is 35.9 Å². The van der Waals surface area contributed by atoms with Crippen molar-refractivity contribution in [3.05, 3.63) is 45.5 Å². The highest BCUT2D eigenvalue weighted by Crippen LogP contribution is 2.36. The minimum atomic E-state index is -4.87. The molecule has 2 N–H and O–H groups in total. The molecule has 0 spiro atoms. The normalized spacial score (nSPS) is 18.7. The molecule has 9 nitrogen and oxygen atoms in total. The Balaban J connectivity index is 1.26. The molecule has 2 aromatic rings. The van der Waals surface area contributed by atoms with Gasteiger partial charge in [-0.15, -0.1) is 0 Å². The van der Waals surface area contributed by atoms with Crippen LogP contribution >= 0.6 is 11.8 Å². The van der Waals surface area contributed by atoms with E-state index >= 15 is 0 Å². The maximum Gasteiger partial charge on any atom is 0.423 e. The topological polar surface area (TPSA) is 103 Å². The van der Waals surface area contributed by atoms with E-state index in [1.54, 1.807) is 16.9 Å². The third-order valence-corrected chi connectivity index (χ3v) is 7.45. The van der Waals surface area contributed by atoms with Gasteiger partial charge in [0.1, 0.15) is 11.4 Å². The molecule has 1 saturated heterocycles. The maximum atomic E-state index is 13.2. The number of thioether (sulfide) groups is 1. The number of ether oxygens (including phenoxy) is 1. The highest BCUT2D eigenvalue weighted by molar-refractivity contribution is 7.98.